The lowest BCUT2D eigenvalue weighted by Gasteiger charge is -2.08. The first-order chi connectivity index (χ1) is 10.8. The number of carbonyl (C=O) groups is 1. The number of rotatable bonds is 6. The van der Waals surface area contributed by atoms with Crippen LogP contribution in [0.1, 0.15) is 18.4 Å². The van der Waals surface area contributed by atoms with E-state index in [1.165, 1.54) is 6.08 Å². The third-order valence-electron chi connectivity index (χ3n) is 3.37. The first kappa shape index (κ1) is 17.6. The predicted octanol–water partition coefficient (Wildman–Crippen LogP) is 0.433. The van der Waals surface area contributed by atoms with E-state index in [2.05, 4.69) is 5.43 Å². The Labute approximate surface area is 135 Å². The molecule has 1 aromatic rings. The van der Waals surface area contributed by atoms with Crippen molar-refractivity contribution in [2.45, 2.75) is 12.8 Å². The van der Waals surface area contributed by atoms with Crippen LogP contribution in [0.15, 0.2) is 35.7 Å². The molecule has 0 aromatic heterocycles. The van der Waals surface area contributed by atoms with E-state index in [4.69, 9.17) is 0 Å². The standard InChI is InChI=1S/C14H18N2O5S2/c17-14(10-13-6-8-22(18,19)11-13)15-16-23(20,21)9-7-12-4-2-1-3-5-12/h1-5,7,9,13,16H,6,8,10-11H2,(H,15,17)/b9-7+/t13-/m0/s1. The summed E-state index contributed by atoms with van der Waals surface area (Å²) >= 11 is 0. The van der Waals surface area contributed by atoms with E-state index in [9.17, 15) is 21.6 Å². The number of sulfone groups is 1. The van der Waals surface area contributed by atoms with Crippen LogP contribution < -0.4 is 10.3 Å². The molecule has 0 aliphatic carbocycles. The van der Waals surface area contributed by atoms with Crippen molar-refractivity contribution in [2.24, 2.45) is 5.92 Å². The van der Waals surface area contributed by atoms with Crippen LogP contribution in [0.5, 0.6) is 0 Å². The summed E-state index contributed by atoms with van der Waals surface area (Å²) in [5.74, 6) is -0.759. The molecule has 2 rings (SSSR count). The lowest BCUT2D eigenvalue weighted by atomic mass is 10.1. The highest BCUT2D eigenvalue weighted by molar-refractivity contribution is 7.92. The maximum absolute atomic E-state index is 11.7. The zero-order valence-electron chi connectivity index (χ0n) is 12.3. The number of amides is 1. The molecule has 1 fully saturated rings. The Kier molecular flexibility index (Phi) is 5.55. The maximum atomic E-state index is 11.7. The minimum absolute atomic E-state index is 0.0237. The van der Waals surface area contributed by atoms with Crippen molar-refractivity contribution in [3.05, 3.63) is 41.3 Å². The van der Waals surface area contributed by atoms with Crippen molar-refractivity contribution >= 4 is 31.8 Å². The van der Waals surface area contributed by atoms with Crippen molar-refractivity contribution in [1.29, 1.82) is 0 Å². The van der Waals surface area contributed by atoms with Gasteiger partial charge in [0.25, 0.3) is 10.0 Å². The van der Waals surface area contributed by atoms with Crippen LogP contribution in [0.4, 0.5) is 0 Å². The molecule has 0 bridgehead atoms. The zero-order chi connectivity index (χ0) is 16.9. The Balaban J connectivity index is 1.82. The van der Waals surface area contributed by atoms with Crippen LogP contribution >= 0.6 is 0 Å². The molecule has 126 valence electrons. The molecule has 7 nitrogen and oxygen atoms in total. The lowest BCUT2D eigenvalue weighted by Crippen LogP contribution is -2.41. The third kappa shape index (κ3) is 6.12. The molecule has 0 spiro atoms. The second-order valence-corrected chi connectivity index (χ2v) is 9.18. The number of carbonyl (C=O) groups excluding carboxylic acids is 1. The molecular formula is C14H18N2O5S2. The number of benzene rings is 1. The van der Waals surface area contributed by atoms with Gasteiger partial charge in [0.05, 0.1) is 11.5 Å². The van der Waals surface area contributed by atoms with Crippen LogP contribution in [-0.4, -0.2) is 34.2 Å². The van der Waals surface area contributed by atoms with Gasteiger partial charge >= 0.3 is 0 Å². The first-order valence-corrected chi connectivity index (χ1v) is 10.4. The molecule has 1 aliphatic heterocycles. The summed E-state index contributed by atoms with van der Waals surface area (Å²) in [6.45, 7) is 0. The molecule has 23 heavy (non-hydrogen) atoms. The van der Waals surface area contributed by atoms with Gasteiger partial charge in [0.2, 0.25) is 5.91 Å². The summed E-state index contributed by atoms with van der Waals surface area (Å²) in [4.78, 5) is 13.6. The van der Waals surface area contributed by atoms with E-state index in [1.807, 2.05) is 10.9 Å². The topological polar surface area (TPSA) is 109 Å². The SMILES string of the molecule is O=C(C[C@@H]1CCS(=O)(=O)C1)NNS(=O)(=O)/C=C/c1ccccc1. The molecule has 1 aromatic carbocycles. The summed E-state index contributed by atoms with van der Waals surface area (Å²) in [6, 6.07) is 8.85. The molecule has 0 saturated carbocycles. The van der Waals surface area contributed by atoms with Crippen LogP contribution in [0.3, 0.4) is 0 Å². The van der Waals surface area contributed by atoms with Gasteiger partial charge in [0.1, 0.15) is 0 Å². The highest BCUT2D eigenvalue weighted by Crippen LogP contribution is 2.21. The minimum Gasteiger partial charge on any atom is -0.278 e. The predicted molar refractivity (Wildman–Crippen MR) is 87.1 cm³/mol. The average Bonchev–Trinajstić information content (AvgIpc) is 2.83. The summed E-state index contributed by atoms with van der Waals surface area (Å²) in [5.41, 5.74) is 2.80. The number of hydrogen-bond donors (Lipinski definition) is 2. The normalized spacial score (nSPS) is 20.6. The zero-order valence-corrected chi connectivity index (χ0v) is 13.9. The molecule has 2 N–H and O–H groups in total. The highest BCUT2D eigenvalue weighted by Gasteiger charge is 2.29. The van der Waals surface area contributed by atoms with Gasteiger partial charge < -0.3 is 0 Å². The first-order valence-electron chi connectivity index (χ1n) is 7.00. The Morgan fingerprint density at radius 1 is 1.26 bits per heavy atom. The summed E-state index contributed by atoms with van der Waals surface area (Å²) in [5, 5.41) is 0.947. The van der Waals surface area contributed by atoms with Crippen molar-refractivity contribution in [1.82, 2.24) is 10.3 Å². The van der Waals surface area contributed by atoms with Gasteiger partial charge in [-0.05, 0) is 24.0 Å². The smallest absolute Gasteiger partial charge is 0.250 e. The van der Waals surface area contributed by atoms with Gasteiger partial charge in [-0.15, -0.1) is 4.83 Å². The molecule has 1 atom stereocenters. The third-order valence-corrected chi connectivity index (χ3v) is 6.09. The van der Waals surface area contributed by atoms with Crippen molar-refractivity contribution in [2.75, 3.05) is 11.5 Å². The van der Waals surface area contributed by atoms with Gasteiger partial charge in [-0.3, -0.25) is 10.2 Å². The van der Waals surface area contributed by atoms with Crippen molar-refractivity contribution in [3.8, 4) is 0 Å². The fourth-order valence-electron chi connectivity index (χ4n) is 2.24. The molecule has 9 heteroatoms. The molecule has 0 unspecified atom stereocenters. The van der Waals surface area contributed by atoms with E-state index in [0.717, 1.165) is 5.41 Å². The van der Waals surface area contributed by atoms with E-state index < -0.39 is 25.8 Å². The number of hydrazine groups is 1. The van der Waals surface area contributed by atoms with Gasteiger partial charge in [-0.1, -0.05) is 30.3 Å². The Morgan fingerprint density at radius 3 is 2.57 bits per heavy atom. The number of sulfonamides is 1. The monoisotopic (exact) mass is 358 g/mol. The summed E-state index contributed by atoms with van der Waals surface area (Å²) in [6.07, 6.45) is 1.80. The van der Waals surface area contributed by atoms with Gasteiger partial charge in [0, 0.05) is 11.8 Å². The van der Waals surface area contributed by atoms with Crippen LogP contribution in [0, 0.1) is 5.92 Å². The second kappa shape index (κ2) is 7.24. The molecule has 1 saturated heterocycles. The molecule has 1 amide bonds. The Hall–Kier alpha value is -1.71. The summed E-state index contributed by atoms with van der Waals surface area (Å²) in [7, 11) is -6.87. The second-order valence-electron chi connectivity index (χ2n) is 5.38. The van der Waals surface area contributed by atoms with Crippen LogP contribution in [0.2, 0.25) is 0 Å². The Bertz CT molecular complexity index is 786. The quantitative estimate of drug-likeness (QED) is 0.717. The summed E-state index contributed by atoms with van der Waals surface area (Å²) < 4.78 is 46.1. The number of nitrogens with one attached hydrogen (secondary N) is 2. The van der Waals surface area contributed by atoms with E-state index in [1.54, 1.807) is 24.3 Å². The van der Waals surface area contributed by atoms with Crippen molar-refractivity contribution in [3.63, 3.8) is 0 Å². The number of hydrogen-bond acceptors (Lipinski definition) is 5. The van der Waals surface area contributed by atoms with Gasteiger partial charge in [-0.25, -0.2) is 16.8 Å². The van der Waals surface area contributed by atoms with E-state index in [0.29, 0.717) is 12.0 Å². The van der Waals surface area contributed by atoms with Gasteiger partial charge in [-0.2, -0.15) is 0 Å². The minimum atomic E-state index is -3.81. The fourth-order valence-corrected chi connectivity index (χ4v) is 4.76. The molecule has 1 aliphatic rings. The molecule has 0 radical (unpaired) electrons. The maximum Gasteiger partial charge on any atom is 0.250 e. The van der Waals surface area contributed by atoms with Crippen molar-refractivity contribution < 1.29 is 21.6 Å². The molecular weight excluding hydrogens is 340 g/mol. The largest absolute Gasteiger partial charge is 0.278 e. The molecule has 1 heterocycles. The van der Waals surface area contributed by atoms with Crippen LogP contribution in [-0.2, 0) is 24.7 Å². The average molecular weight is 358 g/mol. The highest BCUT2D eigenvalue weighted by atomic mass is 32.2. The van der Waals surface area contributed by atoms with E-state index >= 15 is 0 Å². The fraction of sp³-hybridized carbons (Fsp3) is 0.357. The lowest BCUT2D eigenvalue weighted by molar-refractivity contribution is -0.122. The van der Waals surface area contributed by atoms with E-state index in [-0.39, 0.29) is 23.8 Å². The Morgan fingerprint density at radius 2 is 1.96 bits per heavy atom. The van der Waals surface area contributed by atoms with Crippen LogP contribution in [0.25, 0.3) is 6.08 Å². The van der Waals surface area contributed by atoms with Gasteiger partial charge in [0.15, 0.2) is 9.84 Å².